The molecule has 0 aliphatic rings. The van der Waals surface area contributed by atoms with Gasteiger partial charge in [0.1, 0.15) is 0 Å². The smallest absolute Gasteiger partial charge is 0.339 e. The molecule has 18 heavy (non-hydrogen) atoms. The Morgan fingerprint density at radius 2 is 2.28 bits per heavy atom. The second-order valence-corrected chi connectivity index (χ2v) is 4.76. The third-order valence-electron chi connectivity index (χ3n) is 2.33. The van der Waals surface area contributed by atoms with Crippen LogP contribution in [0.2, 0.25) is 0 Å². The fourth-order valence-corrected chi connectivity index (χ4v) is 2.48. The Hall–Kier alpha value is -1.12. The van der Waals surface area contributed by atoms with E-state index in [1.54, 1.807) is 7.05 Å². The number of aryl methyl sites for hydroxylation is 1. The van der Waals surface area contributed by atoms with Crippen LogP contribution in [0.25, 0.3) is 0 Å². The van der Waals surface area contributed by atoms with Crippen molar-refractivity contribution in [2.24, 2.45) is 7.05 Å². The Labute approximate surface area is 109 Å². The van der Waals surface area contributed by atoms with Crippen LogP contribution in [-0.2, 0) is 7.05 Å². The minimum absolute atomic E-state index is 0.107. The van der Waals surface area contributed by atoms with Gasteiger partial charge in [0.2, 0.25) is 0 Å². The van der Waals surface area contributed by atoms with E-state index in [2.05, 4.69) is 15.4 Å². The van der Waals surface area contributed by atoms with Crippen LogP contribution >= 0.6 is 11.8 Å². The van der Waals surface area contributed by atoms with Crippen LogP contribution in [0.5, 0.6) is 0 Å². The summed E-state index contributed by atoms with van der Waals surface area (Å²) in [6, 6.07) is 0.147. The van der Waals surface area contributed by atoms with Crippen LogP contribution in [0.1, 0.15) is 13.3 Å². The highest BCUT2D eigenvalue weighted by atomic mass is 32.2. The van der Waals surface area contributed by atoms with Crippen molar-refractivity contribution < 1.29 is 5.11 Å². The molecule has 0 spiro atoms. The Bertz CT molecular complexity index is 479. The molecule has 1 heterocycles. The molecule has 0 amide bonds. The molecule has 1 unspecified atom stereocenters. The van der Waals surface area contributed by atoms with E-state index in [1.165, 1.54) is 16.4 Å². The van der Waals surface area contributed by atoms with Crippen LogP contribution in [0.4, 0.5) is 0 Å². The van der Waals surface area contributed by atoms with Gasteiger partial charge in [-0.3, -0.25) is 19.4 Å². The first-order chi connectivity index (χ1) is 8.58. The van der Waals surface area contributed by atoms with Crippen LogP contribution in [-0.4, -0.2) is 44.8 Å². The highest BCUT2D eigenvalue weighted by molar-refractivity contribution is 7.99. The Kier molecular flexibility index (Phi) is 6.10. The summed E-state index contributed by atoms with van der Waals surface area (Å²) >= 11 is 1.37. The molecule has 1 atom stereocenters. The van der Waals surface area contributed by atoms with Gasteiger partial charge in [-0.2, -0.15) is 4.98 Å². The van der Waals surface area contributed by atoms with Gasteiger partial charge in [-0.05, 0) is 13.0 Å². The molecule has 0 bridgehead atoms. The van der Waals surface area contributed by atoms with Crippen molar-refractivity contribution in [3.63, 3.8) is 0 Å². The number of thioether (sulfide) groups is 1. The molecular formula is C10H18N4O3S. The van der Waals surface area contributed by atoms with Gasteiger partial charge in [0.05, 0.1) is 0 Å². The Morgan fingerprint density at radius 1 is 1.56 bits per heavy atom. The highest BCUT2D eigenvalue weighted by Crippen LogP contribution is 2.13. The summed E-state index contributed by atoms with van der Waals surface area (Å²) in [6.07, 6.45) is 0.637. The molecule has 0 aliphatic carbocycles. The molecule has 0 radical (unpaired) electrons. The lowest BCUT2D eigenvalue weighted by molar-refractivity contribution is 0.271. The number of rotatable bonds is 7. The van der Waals surface area contributed by atoms with E-state index in [0.717, 1.165) is 6.54 Å². The zero-order valence-corrected chi connectivity index (χ0v) is 11.3. The Balaban J connectivity index is 2.69. The SMILES string of the molecule is CCNC(CCO)CSc1nc(=O)c(=O)[nH]n1C. The van der Waals surface area contributed by atoms with E-state index in [-0.39, 0.29) is 12.6 Å². The molecule has 102 valence electrons. The maximum atomic E-state index is 11.2. The fourth-order valence-electron chi connectivity index (χ4n) is 1.45. The molecule has 1 rings (SSSR count). The first-order valence-corrected chi connectivity index (χ1v) is 6.71. The largest absolute Gasteiger partial charge is 0.396 e. The quantitative estimate of drug-likeness (QED) is 0.432. The number of aliphatic hydroxyl groups excluding tert-OH is 1. The van der Waals surface area contributed by atoms with E-state index in [4.69, 9.17) is 5.11 Å². The fraction of sp³-hybridized carbons (Fsp3) is 0.700. The molecule has 0 saturated carbocycles. The molecule has 1 aromatic rings. The molecule has 8 heteroatoms. The molecule has 1 aromatic heterocycles. The van der Waals surface area contributed by atoms with Gasteiger partial charge in [0.15, 0.2) is 5.16 Å². The van der Waals surface area contributed by atoms with Gasteiger partial charge < -0.3 is 10.4 Å². The van der Waals surface area contributed by atoms with Crippen molar-refractivity contribution in [2.75, 3.05) is 18.9 Å². The number of hydrogen-bond acceptors (Lipinski definition) is 6. The van der Waals surface area contributed by atoms with E-state index in [0.29, 0.717) is 17.3 Å². The summed E-state index contributed by atoms with van der Waals surface area (Å²) < 4.78 is 1.43. The van der Waals surface area contributed by atoms with Gasteiger partial charge in [0, 0.05) is 25.4 Å². The first kappa shape index (κ1) is 14.9. The second-order valence-electron chi connectivity index (χ2n) is 3.78. The average Bonchev–Trinajstić information content (AvgIpc) is 2.32. The maximum absolute atomic E-state index is 11.2. The van der Waals surface area contributed by atoms with E-state index in [1.807, 2.05) is 6.92 Å². The van der Waals surface area contributed by atoms with Crippen LogP contribution in [0.15, 0.2) is 14.7 Å². The third kappa shape index (κ3) is 4.28. The maximum Gasteiger partial charge on any atom is 0.339 e. The van der Waals surface area contributed by atoms with Crippen molar-refractivity contribution >= 4 is 11.8 Å². The zero-order chi connectivity index (χ0) is 13.5. The molecule has 3 N–H and O–H groups in total. The van der Waals surface area contributed by atoms with Crippen molar-refractivity contribution in [3.05, 3.63) is 20.7 Å². The van der Waals surface area contributed by atoms with E-state index < -0.39 is 11.1 Å². The van der Waals surface area contributed by atoms with Crippen LogP contribution in [0.3, 0.4) is 0 Å². The summed E-state index contributed by atoms with van der Waals surface area (Å²) in [5.41, 5.74) is -1.50. The topological polar surface area (TPSA) is 100 Å². The number of aromatic nitrogens is 3. The number of nitrogens with one attached hydrogen (secondary N) is 2. The van der Waals surface area contributed by atoms with E-state index >= 15 is 0 Å². The standard InChI is InChI=1S/C10H18N4O3S/c1-3-11-7(4-5-15)6-18-10-12-8(16)9(17)13-14(10)2/h7,11,15H,3-6H2,1-2H3,(H,13,17). The van der Waals surface area contributed by atoms with Crippen molar-refractivity contribution in [3.8, 4) is 0 Å². The first-order valence-electron chi connectivity index (χ1n) is 5.72. The normalized spacial score (nSPS) is 12.6. The van der Waals surface area contributed by atoms with Gasteiger partial charge >= 0.3 is 11.1 Å². The zero-order valence-electron chi connectivity index (χ0n) is 10.5. The van der Waals surface area contributed by atoms with Gasteiger partial charge in [-0.1, -0.05) is 18.7 Å². The van der Waals surface area contributed by atoms with Crippen LogP contribution in [0, 0.1) is 0 Å². The second kappa shape index (κ2) is 7.34. The predicted molar refractivity (Wildman–Crippen MR) is 70.0 cm³/mol. The lowest BCUT2D eigenvalue weighted by Gasteiger charge is -2.16. The monoisotopic (exact) mass is 274 g/mol. The van der Waals surface area contributed by atoms with Crippen LogP contribution < -0.4 is 16.4 Å². The predicted octanol–water partition coefficient (Wildman–Crippen LogP) is -1.08. The number of aromatic amines is 1. The molecule has 0 saturated heterocycles. The van der Waals surface area contributed by atoms with Gasteiger partial charge in [-0.25, -0.2) is 0 Å². The van der Waals surface area contributed by atoms with Gasteiger partial charge in [-0.15, -0.1) is 0 Å². The number of H-pyrrole nitrogens is 1. The highest BCUT2D eigenvalue weighted by Gasteiger charge is 2.10. The minimum atomic E-state index is -0.780. The van der Waals surface area contributed by atoms with Crippen molar-refractivity contribution in [1.82, 2.24) is 20.1 Å². The lowest BCUT2D eigenvalue weighted by Crippen LogP contribution is -2.35. The van der Waals surface area contributed by atoms with Crippen molar-refractivity contribution in [2.45, 2.75) is 24.5 Å². The van der Waals surface area contributed by atoms with Crippen molar-refractivity contribution in [1.29, 1.82) is 0 Å². The molecule has 0 aromatic carbocycles. The summed E-state index contributed by atoms with van der Waals surface area (Å²) in [4.78, 5) is 25.9. The Morgan fingerprint density at radius 3 is 2.89 bits per heavy atom. The average molecular weight is 274 g/mol. The minimum Gasteiger partial charge on any atom is -0.396 e. The molecule has 7 nitrogen and oxygen atoms in total. The van der Waals surface area contributed by atoms with Gasteiger partial charge in [0.25, 0.3) is 0 Å². The number of hydrogen-bond donors (Lipinski definition) is 3. The van der Waals surface area contributed by atoms with E-state index in [9.17, 15) is 9.59 Å². The number of aliphatic hydroxyl groups is 1. The molecular weight excluding hydrogens is 256 g/mol. The summed E-state index contributed by atoms with van der Waals surface area (Å²) in [5.74, 6) is 0.667. The summed E-state index contributed by atoms with van der Waals surface area (Å²) in [5, 5.41) is 15.0. The lowest BCUT2D eigenvalue weighted by atomic mass is 10.2. The summed E-state index contributed by atoms with van der Waals surface area (Å²) in [7, 11) is 1.63. The number of nitrogens with zero attached hydrogens (tertiary/aromatic N) is 2. The summed E-state index contributed by atoms with van der Waals surface area (Å²) in [6.45, 7) is 2.91. The third-order valence-corrected chi connectivity index (χ3v) is 3.52. The molecule has 0 aliphatic heterocycles. The molecule has 0 fully saturated rings.